The predicted molar refractivity (Wildman–Crippen MR) is 97.9 cm³/mol. The molecule has 2 aliphatic rings. The highest BCUT2D eigenvalue weighted by molar-refractivity contribution is 7.89. The first-order valence-electron chi connectivity index (χ1n) is 8.90. The first-order valence-corrected chi connectivity index (χ1v) is 10.5. The van der Waals surface area contributed by atoms with E-state index >= 15 is 0 Å². The quantitative estimate of drug-likeness (QED) is 0.818. The lowest BCUT2D eigenvalue weighted by Gasteiger charge is -2.59. The van der Waals surface area contributed by atoms with E-state index in [0.29, 0.717) is 23.9 Å². The summed E-state index contributed by atoms with van der Waals surface area (Å²) in [5.41, 5.74) is 1.30. The Hall–Kier alpha value is -1.67. The van der Waals surface area contributed by atoms with Crippen LogP contribution in [0.15, 0.2) is 18.6 Å². The Balaban J connectivity index is 1.32. The van der Waals surface area contributed by atoms with Crippen LogP contribution in [0.2, 0.25) is 0 Å². The number of nitrogens with zero attached hydrogens (tertiary/aromatic N) is 3. The van der Waals surface area contributed by atoms with Crippen LogP contribution in [0.5, 0.6) is 0 Å². The molecule has 7 nitrogen and oxygen atoms in total. The Morgan fingerprint density at radius 1 is 1.32 bits per heavy atom. The van der Waals surface area contributed by atoms with Crippen molar-refractivity contribution in [3.05, 3.63) is 18.6 Å². The molecule has 0 aromatic carbocycles. The van der Waals surface area contributed by atoms with Gasteiger partial charge in [0.2, 0.25) is 10.0 Å². The fourth-order valence-corrected chi connectivity index (χ4v) is 5.21. The van der Waals surface area contributed by atoms with Crippen LogP contribution in [0.4, 0.5) is 5.82 Å². The summed E-state index contributed by atoms with van der Waals surface area (Å²) >= 11 is 0. The normalized spacial score (nSPS) is 28.7. The van der Waals surface area contributed by atoms with Crippen molar-refractivity contribution in [1.29, 1.82) is 0 Å². The van der Waals surface area contributed by atoms with Gasteiger partial charge >= 0.3 is 0 Å². The van der Waals surface area contributed by atoms with E-state index in [1.165, 1.54) is 0 Å². The summed E-state index contributed by atoms with van der Waals surface area (Å²) < 4.78 is 25.8. The van der Waals surface area contributed by atoms with E-state index in [1.807, 2.05) is 12.3 Å². The molecule has 0 aliphatic heterocycles. The highest BCUT2D eigenvalue weighted by atomic mass is 32.2. The number of H-pyrrole nitrogens is 1. The Kier molecular flexibility index (Phi) is 3.99. The van der Waals surface area contributed by atoms with Gasteiger partial charge < -0.3 is 9.88 Å². The van der Waals surface area contributed by atoms with Gasteiger partial charge in [0.25, 0.3) is 0 Å². The molecule has 0 radical (unpaired) electrons. The van der Waals surface area contributed by atoms with Crippen molar-refractivity contribution in [2.45, 2.75) is 38.6 Å². The molecule has 2 fully saturated rings. The molecule has 4 rings (SSSR count). The zero-order valence-corrected chi connectivity index (χ0v) is 15.5. The van der Waals surface area contributed by atoms with Crippen LogP contribution in [-0.2, 0) is 10.0 Å². The maximum atomic E-state index is 11.5. The van der Waals surface area contributed by atoms with Crippen molar-refractivity contribution in [2.24, 2.45) is 11.3 Å². The highest BCUT2D eigenvalue weighted by Gasteiger charge is 2.53. The van der Waals surface area contributed by atoms with Gasteiger partial charge in [-0.3, -0.25) is 0 Å². The summed E-state index contributed by atoms with van der Waals surface area (Å²) in [4.78, 5) is 14.1. The number of hydrogen-bond acceptors (Lipinski definition) is 5. The lowest BCUT2D eigenvalue weighted by Crippen LogP contribution is -2.57. The van der Waals surface area contributed by atoms with E-state index in [2.05, 4.69) is 31.6 Å². The summed E-state index contributed by atoms with van der Waals surface area (Å²) in [5.74, 6) is 1.63. The van der Waals surface area contributed by atoms with E-state index in [-0.39, 0.29) is 5.75 Å². The molecule has 2 heterocycles. The minimum atomic E-state index is -3.07. The van der Waals surface area contributed by atoms with Crippen LogP contribution in [0.3, 0.4) is 0 Å². The standard InChI is InChI=1S/C17H25N5O2S/c1-3-25(23,24)21-10-12-6-17(7-12)8-13(9-17)22(2)16-14-4-5-18-15(14)19-11-20-16/h4-5,11-13,21H,3,6-10H2,1-2H3,(H,18,19,20). The van der Waals surface area contributed by atoms with Gasteiger partial charge in [-0.25, -0.2) is 23.1 Å². The molecule has 2 aromatic heterocycles. The van der Waals surface area contributed by atoms with E-state index < -0.39 is 10.0 Å². The van der Waals surface area contributed by atoms with Gasteiger partial charge in [0.05, 0.1) is 11.1 Å². The summed E-state index contributed by atoms with van der Waals surface area (Å²) in [6.07, 6.45) is 8.10. The van der Waals surface area contributed by atoms with Crippen molar-refractivity contribution in [3.63, 3.8) is 0 Å². The number of rotatable bonds is 6. The lowest BCUT2D eigenvalue weighted by molar-refractivity contribution is -0.0374. The highest BCUT2D eigenvalue weighted by Crippen LogP contribution is 2.59. The molecule has 2 N–H and O–H groups in total. The molecular weight excluding hydrogens is 338 g/mol. The van der Waals surface area contributed by atoms with Gasteiger partial charge in [-0.2, -0.15) is 0 Å². The summed E-state index contributed by atoms with van der Waals surface area (Å²) in [5, 5.41) is 1.06. The molecule has 0 atom stereocenters. The summed E-state index contributed by atoms with van der Waals surface area (Å²) in [6.45, 7) is 2.26. The number of anilines is 1. The van der Waals surface area contributed by atoms with Crippen molar-refractivity contribution >= 4 is 26.9 Å². The Morgan fingerprint density at radius 2 is 2.08 bits per heavy atom. The SMILES string of the molecule is CCS(=O)(=O)NCC1CC2(C1)CC(N(C)c1ncnc3[nH]ccc13)C2. The number of sulfonamides is 1. The van der Waals surface area contributed by atoms with E-state index in [9.17, 15) is 8.42 Å². The molecule has 0 unspecified atom stereocenters. The number of hydrogen-bond donors (Lipinski definition) is 2. The average Bonchev–Trinajstić information content (AvgIpc) is 3.00. The van der Waals surface area contributed by atoms with Gasteiger partial charge in [-0.05, 0) is 50.0 Å². The predicted octanol–water partition coefficient (Wildman–Crippen LogP) is 1.89. The maximum Gasteiger partial charge on any atom is 0.211 e. The van der Waals surface area contributed by atoms with Crippen LogP contribution >= 0.6 is 0 Å². The van der Waals surface area contributed by atoms with Crippen LogP contribution in [0.1, 0.15) is 32.6 Å². The average molecular weight is 363 g/mol. The first kappa shape index (κ1) is 16.8. The second-order valence-corrected chi connectivity index (χ2v) is 9.73. The number of nitrogens with one attached hydrogen (secondary N) is 2. The largest absolute Gasteiger partial charge is 0.356 e. The Labute approximate surface area is 148 Å². The first-order chi connectivity index (χ1) is 11.9. The summed E-state index contributed by atoms with van der Waals surface area (Å²) in [6, 6.07) is 2.52. The fourth-order valence-electron chi connectivity index (χ4n) is 4.52. The molecule has 0 amide bonds. The van der Waals surface area contributed by atoms with Crippen molar-refractivity contribution in [1.82, 2.24) is 19.7 Å². The topological polar surface area (TPSA) is 91.0 Å². The van der Waals surface area contributed by atoms with Crippen molar-refractivity contribution in [2.75, 3.05) is 24.2 Å². The van der Waals surface area contributed by atoms with E-state index in [4.69, 9.17) is 0 Å². The maximum absolute atomic E-state index is 11.5. The van der Waals surface area contributed by atoms with Gasteiger partial charge in [0.1, 0.15) is 17.8 Å². The lowest BCUT2D eigenvalue weighted by atomic mass is 9.50. The third-order valence-corrected chi connectivity index (χ3v) is 7.33. The van der Waals surface area contributed by atoms with Crippen LogP contribution in [0.25, 0.3) is 11.0 Å². The minimum absolute atomic E-state index is 0.157. The number of aromatic nitrogens is 3. The molecule has 0 saturated heterocycles. The van der Waals surface area contributed by atoms with Gasteiger partial charge in [-0.15, -0.1) is 0 Å². The molecule has 8 heteroatoms. The van der Waals surface area contributed by atoms with Crippen LogP contribution < -0.4 is 9.62 Å². The van der Waals surface area contributed by atoms with Crippen LogP contribution in [0, 0.1) is 11.3 Å². The zero-order valence-electron chi connectivity index (χ0n) is 14.7. The second-order valence-electron chi connectivity index (χ2n) is 7.64. The molecule has 2 aliphatic carbocycles. The van der Waals surface area contributed by atoms with E-state index in [0.717, 1.165) is 42.5 Å². The van der Waals surface area contributed by atoms with E-state index in [1.54, 1.807) is 13.3 Å². The summed E-state index contributed by atoms with van der Waals surface area (Å²) in [7, 11) is -0.959. The molecule has 0 bridgehead atoms. The molecule has 136 valence electrons. The number of fused-ring (bicyclic) bond motifs is 1. The Bertz CT molecular complexity index is 864. The zero-order chi connectivity index (χ0) is 17.7. The third kappa shape index (κ3) is 3.01. The van der Waals surface area contributed by atoms with Crippen LogP contribution in [-0.4, -0.2) is 48.8 Å². The van der Waals surface area contributed by atoms with Gasteiger partial charge in [0, 0.05) is 25.8 Å². The number of aromatic amines is 1. The van der Waals surface area contributed by atoms with Gasteiger partial charge in [-0.1, -0.05) is 0 Å². The molecule has 1 spiro atoms. The molecular formula is C17H25N5O2S. The minimum Gasteiger partial charge on any atom is -0.356 e. The van der Waals surface area contributed by atoms with Crippen molar-refractivity contribution < 1.29 is 8.42 Å². The van der Waals surface area contributed by atoms with Crippen molar-refractivity contribution in [3.8, 4) is 0 Å². The molecule has 2 aromatic rings. The van der Waals surface area contributed by atoms with Gasteiger partial charge in [0.15, 0.2) is 0 Å². The Morgan fingerprint density at radius 3 is 2.80 bits per heavy atom. The molecule has 25 heavy (non-hydrogen) atoms. The molecule has 2 saturated carbocycles. The monoisotopic (exact) mass is 363 g/mol. The smallest absolute Gasteiger partial charge is 0.211 e. The fraction of sp³-hybridized carbons (Fsp3) is 0.647. The second kappa shape index (κ2) is 5.95. The third-order valence-electron chi connectivity index (χ3n) is 5.97.